The predicted molar refractivity (Wildman–Crippen MR) is 107 cm³/mol. The molecule has 0 amide bonds. The van der Waals surface area contributed by atoms with Gasteiger partial charge in [-0.05, 0) is 68.3 Å². The van der Waals surface area contributed by atoms with Gasteiger partial charge in [-0.3, -0.25) is 4.79 Å². The number of amidine groups is 1. The van der Waals surface area contributed by atoms with Crippen LogP contribution >= 0.6 is 0 Å². The number of anilines is 1. The van der Waals surface area contributed by atoms with Crippen LogP contribution in [0.3, 0.4) is 0 Å². The minimum atomic E-state index is -1.54. The summed E-state index contributed by atoms with van der Waals surface area (Å²) in [6, 6.07) is 12.0. The number of ketones is 1. The number of aryl methyl sites for hydroxylation is 3. The van der Waals surface area contributed by atoms with Gasteiger partial charge in [0.15, 0.2) is 5.60 Å². The normalized spacial score (nSPS) is 21.4. The third-order valence-corrected chi connectivity index (χ3v) is 5.83. The smallest absolute Gasteiger partial charge is 0.204 e. The molecule has 5 nitrogen and oxygen atoms in total. The average molecular weight is 359 g/mol. The summed E-state index contributed by atoms with van der Waals surface area (Å²) < 4.78 is 0. The number of aliphatic hydroxyl groups is 1. The Morgan fingerprint density at radius 2 is 1.89 bits per heavy atom. The van der Waals surface area contributed by atoms with E-state index < -0.39 is 5.60 Å². The van der Waals surface area contributed by atoms with Gasteiger partial charge in [0.1, 0.15) is 5.84 Å². The van der Waals surface area contributed by atoms with E-state index in [9.17, 15) is 9.90 Å². The van der Waals surface area contributed by atoms with E-state index in [1.165, 1.54) is 0 Å². The minimum absolute atomic E-state index is 0.244. The van der Waals surface area contributed by atoms with Crippen LogP contribution in [0.2, 0.25) is 0 Å². The quantitative estimate of drug-likeness (QED) is 0.691. The molecule has 0 saturated carbocycles. The molecule has 1 aromatic heterocycles. The van der Waals surface area contributed by atoms with Crippen molar-refractivity contribution in [1.82, 2.24) is 4.98 Å². The van der Waals surface area contributed by atoms with Crippen molar-refractivity contribution in [1.29, 1.82) is 0 Å². The topological polar surface area (TPSA) is 68.7 Å². The first kappa shape index (κ1) is 16.3. The lowest BCUT2D eigenvalue weighted by Gasteiger charge is -2.30. The Morgan fingerprint density at radius 3 is 2.70 bits per heavy atom. The van der Waals surface area contributed by atoms with E-state index in [1.807, 2.05) is 49.9 Å². The Balaban J connectivity index is 1.66. The van der Waals surface area contributed by atoms with E-state index in [4.69, 9.17) is 4.99 Å². The van der Waals surface area contributed by atoms with Crippen LogP contribution in [0.1, 0.15) is 33.6 Å². The number of fused-ring (bicyclic) bond motifs is 3. The summed E-state index contributed by atoms with van der Waals surface area (Å²) in [7, 11) is 0. The summed E-state index contributed by atoms with van der Waals surface area (Å²) in [4.78, 5) is 23.1. The number of nitrogens with one attached hydrogen (secondary N) is 1. The average Bonchev–Trinajstić information content (AvgIpc) is 3.16. The number of aromatic amines is 1. The molecule has 3 aromatic rings. The van der Waals surface area contributed by atoms with Crippen LogP contribution in [0, 0.1) is 20.8 Å². The SMILES string of the molecule is Cc1cc2cc(N3CC[C@@]4(O)C(=O)c5cc(C)c(C)cc5N=C34)ccc2[nH]1. The van der Waals surface area contributed by atoms with E-state index in [0.717, 1.165) is 33.4 Å². The molecule has 0 bridgehead atoms. The second kappa shape index (κ2) is 5.30. The molecule has 0 aliphatic carbocycles. The predicted octanol–water partition coefficient (Wildman–Crippen LogP) is 3.96. The molecule has 27 heavy (non-hydrogen) atoms. The van der Waals surface area contributed by atoms with Gasteiger partial charge in [-0.15, -0.1) is 0 Å². The zero-order valence-electron chi connectivity index (χ0n) is 15.6. The lowest BCUT2D eigenvalue weighted by Crippen LogP contribution is -2.48. The lowest BCUT2D eigenvalue weighted by atomic mass is 9.86. The molecular weight excluding hydrogens is 338 g/mol. The molecule has 0 radical (unpaired) electrons. The van der Waals surface area contributed by atoms with Crippen molar-refractivity contribution in [2.24, 2.45) is 4.99 Å². The van der Waals surface area contributed by atoms with E-state index >= 15 is 0 Å². The lowest BCUT2D eigenvalue weighted by molar-refractivity contribution is 0.0602. The molecule has 2 aliphatic heterocycles. The highest BCUT2D eigenvalue weighted by Gasteiger charge is 2.52. The first-order valence-electron chi connectivity index (χ1n) is 9.21. The second-order valence-corrected chi connectivity index (χ2v) is 7.70. The largest absolute Gasteiger partial charge is 0.374 e. The van der Waals surface area contributed by atoms with Crippen LogP contribution in [0.5, 0.6) is 0 Å². The molecular formula is C22H21N3O2. The fourth-order valence-corrected chi connectivity index (χ4v) is 4.18. The number of nitrogens with zero attached hydrogens (tertiary/aromatic N) is 2. The number of hydrogen-bond donors (Lipinski definition) is 2. The maximum atomic E-state index is 13.1. The van der Waals surface area contributed by atoms with Crippen LogP contribution in [0.4, 0.5) is 11.4 Å². The number of H-pyrrole nitrogens is 1. The number of Topliss-reactive ketones (excluding diaryl/α,β-unsaturated/α-hetero) is 1. The van der Waals surface area contributed by atoms with Crippen LogP contribution in [-0.4, -0.2) is 33.9 Å². The van der Waals surface area contributed by atoms with Crippen molar-refractivity contribution >= 4 is 33.9 Å². The van der Waals surface area contributed by atoms with E-state index in [1.54, 1.807) is 0 Å². The van der Waals surface area contributed by atoms with Gasteiger partial charge < -0.3 is 15.0 Å². The van der Waals surface area contributed by atoms with Gasteiger partial charge in [-0.1, -0.05) is 0 Å². The van der Waals surface area contributed by atoms with Crippen molar-refractivity contribution in [2.75, 3.05) is 11.4 Å². The number of carbonyl (C=O) groups is 1. The van der Waals surface area contributed by atoms with Crippen LogP contribution in [0.25, 0.3) is 10.9 Å². The number of aromatic nitrogens is 1. The first-order chi connectivity index (χ1) is 12.9. The maximum absolute atomic E-state index is 13.1. The summed E-state index contributed by atoms with van der Waals surface area (Å²) in [6.45, 7) is 6.57. The fraction of sp³-hybridized carbons (Fsp3) is 0.273. The highest BCUT2D eigenvalue weighted by molar-refractivity contribution is 6.28. The van der Waals surface area contributed by atoms with Gasteiger partial charge in [0.05, 0.1) is 5.69 Å². The van der Waals surface area contributed by atoms with E-state index in [-0.39, 0.29) is 5.78 Å². The van der Waals surface area contributed by atoms with Crippen LogP contribution in [0.15, 0.2) is 41.4 Å². The summed E-state index contributed by atoms with van der Waals surface area (Å²) in [5.74, 6) is 0.196. The number of carbonyl (C=O) groups excluding carboxylic acids is 1. The second-order valence-electron chi connectivity index (χ2n) is 7.70. The van der Waals surface area contributed by atoms with Gasteiger partial charge in [-0.2, -0.15) is 0 Å². The van der Waals surface area contributed by atoms with Crippen LogP contribution < -0.4 is 4.90 Å². The van der Waals surface area contributed by atoms with Gasteiger partial charge >= 0.3 is 0 Å². The van der Waals surface area contributed by atoms with Crippen molar-refractivity contribution in [3.63, 3.8) is 0 Å². The van der Waals surface area contributed by atoms with Gasteiger partial charge in [0.25, 0.3) is 0 Å². The monoisotopic (exact) mass is 359 g/mol. The zero-order valence-corrected chi connectivity index (χ0v) is 15.6. The summed E-state index contributed by atoms with van der Waals surface area (Å²) >= 11 is 0. The number of aliphatic imine (C=N–C) groups is 1. The highest BCUT2D eigenvalue weighted by atomic mass is 16.3. The molecule has 2 N–H and O–H groups in total. The first-order valence-corrected chi connectivity index (χ1v) is 9.21. The maximum Gasteiger partial charge on any atom is 0.204 e. The standard InChI is InChI=1S/C22H21N3O2/c1-12-8-17-19(9-13(12)2)24-21-22(27,20(17)26)6-7-25(21)16-4-5-18-15(11-16)10-14(3)23-18/h4-5,8-11,23,27H,6-7H2,1-3H3/t22-/m1/s1. The molecule has 5 heteroatoms. The van der Waals surface area contributed by atoms with Crippen molar-refractivity contribution in [3.05, 3.63) is 58.8 Å². The Hall–Kier alpha value is -2.92. The zero-order chi connectivity index (χ0) is 18.9. The molecule has 3 heterocycles. The molecule has 136 valence electrons. The number of hydrogen-bond acceptors (Lipinski definition) is 4. The molecule has 0 unspecified atom stereocenters. The van der Waals surface area contributed by atoms with E-state index in [0.29, 0.717) is 30.1 Å². The van der Waals surface area contributed by atoms with Crippen molar-refractivity contribution in [3.8, 4) is 0 Å². The molecule has 1 fully saturated rings. The third kappa shape index (κ3) is 2.21. The molecule has 2 aliphatic rings. The highest BCUT2D eigenvalue weighted by Crippen LogP contribution is 2.40. The summed E-state index contributed by atoms with van der Waals surface area (Å²) in [6.07, 6.45) is 0.348. The van der Waals surface area contributed by atoms with Gasteiger partial charge in [0.2, 0.25) is 5.78 Å². The molecule has 0 spiro atoms. The minimum Gasteiger partial charge on any atom is -0.374 e. The fourth-order valence-electron chi connectivity index (χ4n) is 4.18. The van der Waals surface area contributed by atoms with Gasteiger partial charge in [0, 0.05) is 40.8 Å². The van der Waals surface area contributed by atoms with Gasteiger partial charge in [-0.25, -0.2) is 4.99 Å². The summed E-state index contributed by atoms with van der Waals surface area (Å²) in [5.41, 5.74) is 4.86. The number of rotatable bonds is 1. The third-order valence-electron chi connectivity index (χ3n) is 5.83. The summed E-state index contributed by atoms with van der Waals surface area (Å²) in [5, 5.41) is 12.3. The van der Waals surface area contributed by atoms with E-state index in [2.05, 4.69) is 17.1 Å². The molecule has 5 rings (SSSR count). The molecule has 1 saturated heterocycles. The Kier molecular flexibility index (Phi) is 3.19. The Bertz CT molecular complexity index is 1160. The Morgan fingerprint density at radius 1 is 1.11 bits per heavy atom. The number of benzene rings is 2. The Labute approximate surface area is 157 Å². The van der Waals surface area contributed by atoms with Crippen molar-refractivity contribution in [2.45, 2.75) is 32.8 Å². The van der Waals surface area contributed by atoms with Crippen molar-refractivity contribution < 1.29 is 9.90 Å². The van der Waals surface area contributed by atoms with Crippen LogP contribution in [-0.2, 0) is 0 Å². The molecule has 1 atom stereocenters. The molecule has 2 aromatic carbocycles.